The summed E-state index contributed by atoms with van der Waals surface area (Å²) >= 11 is 0. The molecule has 0 aromatic rings. The number of carbonyl (C=O) groups is 1. The van der Waals surface area contributed by atoms with Gasteiger partial charge in [-0.05, 0) is 63.5 Å². The lowest BCUT2D eigenvalue weighted by molar-refractivity contribution is -0.155. The normalized spacial score (nSPS) is 16.8. The number of carbonyl (C=O) groups excluding carboxylic acids is 1. The maximum atomic E-state index is 12.1. The SMILES string of the molecule is CCCCC[C@H](/C=C/[C@H](/C=C/[C@H](O)COC(=O)C(C)(C)C)O[Si](C)(C)C(C)(C)C)O[Si](C)(C)C(C)(C)C. The molecule has 0 radical (unpaired) electrons. The summed E-state index contributed by atoms with van der Waals surface area (Å²) in [6.07, 6.45) is 11.1. The van der Waals surface area contributed by atoms with Crippen LogP contribution in [0.4, 0.5) is 0 Å². The predicted molar refractivity (Wildman–Crippen MR) is 163 cm³/mol. The van der Waals surface area contributed by atoms with E-state index in [9.17, 15) is 9.90 Å². The number of aliphatic hydroxyl groups excluding tert-OH is 1. The molecule has 0 spiro atoms. The lowest BCUT2D eigenvalue weighted by Gasteiger charge is -2.39. The Morgan fingerprint density at radius 3 is 1.73 bits per heavy atom. The number of hydrogen-bond donors (Lipinski definition) is 1. The van der Waals surface area contributed by atoms with Crippen LogP contribution in [-0.4, -0.2) is 52.6 Å². The monoisotopic (exact) mass is 556 g/mol. The van der Waals surface area contributed by atoms with Crippen molar-refractivity contribution in [3.05, 3.63) is 24.3 Å². The molecule has 37 heavy (non-hydrogen) atoms. The van der Waals surface area contributed by atoms with Crippen molar-refractivity contribution in [2.45, 2.75) is 149 Å². The number of hydrogen-bond acceptors (Lipinski definition) is 5. The van der Waals surface area contributed by atoms with Gasteiger partial charge in [0.15, 0.2) is 16.6 Å². The molecule has 5 nitrogen and oxygen atoms in total. The highest BCUT2D eigenvalue weighted by atomic mass is 28.4. The second-order valence-corrected chi connectivity index (χ2v) is 24.0. The summed E-state index contributed by atoms with van der Waals surface area (Å²) in [5, 5.41) is 10.7. The molecule has 0 aromatic heterocycles. The first-order valence-electron chi connectivity index (χ1n) is 14.1. The van der Waals surface area contributed by atoms with Crippen LogP contribution in [0.3, 0.4) is 0 Å². The Morgan fingerprint density at radius 2 is 1.27 bits per heavy atom. The average Bonchev–Trinajstić information content (AvgIpc) is 2.70. The van der Waals surface area contributed by atoms with Crippen molar-refractivity contribution in [2.75, 3.05) is 6.61 Å². The highest BCUT2D eigenvalue weighted by molar-refractivity contribution is 6.74. The van der Waals surface area contributed by atoms with Crippen molar-refractivity contribution < 1.29 is 23.5 Å². The van der Waals surface area contributed by atoms with Gasteiger partial charge in [0.25, 0.3) is 0 Å². The molecular formula is C30H60O5Si2. The molecule has 0 fully saturated rings. The maximum absolute atomic E-state index is 12.1. The zero-order valence-electron chi connectivity index (χ0n) is 26.7. The zero-order chi connectivity index (χ0) is 29.3. The van der Waals surface area contributed by atoms with Crippen molar-refractivity contribution in [3.63, 3.8) is 0 Å². The first-order chi connectivity index (χ1) is 16.5. The number of ether oxygens (including phenoxy) is 1. The van der Waals surface area contributed by atoms with Gasteiger partial charge in [0.05, 0.1) is 17.6 Å². The Kier molecular flexibility index (Phi) is 14.3. The fraction of sp³-hybridized carbons (Fsp3) is 0.833. The van der Waals surface area contributed by atoms with E-state index >= 15 is 0 Å². The largest absolute Gasteiger partial charge is 0.462 e. The Bertz CT molecular complexity index is 737. The minimum Gasteiger partial charge on any atom is -0.462 e. The number of aliphatic hydroxyl groups is 1. The van der Waals surface area contributed by atoms with Crippen LogP contribution in [0.25, 0.3) is 0 Å². The molecule has 0 saturated heterocycles. The zero-order valence-corrected chi connectivity index (χ0v) is 28.7. The Hall–Kier alpha value is -0.736. The fourth-order valence-corrected chi connectivity index (χ4v) is 5.41. The van der Waals surface area contributed by atoms with Gasteiger partial charge in [0.1, 0.15) is 12.7 Å². The molecule has 0 aliphatic carbocycles. The van der Waals surface area contributed by atoms with Gasteiger partial charge >= 0.3 is 5.97 Å². The third kappa shape index (κ3) is 13.8. The van der Waals surface area contributed by atoms with Gasteiger partial charge in [0, 0.05) is 0 Å². The minimum absolute atomic E-state index is 0.0315. The average molecular weight is 557 g/mol. The smallest absolute Gasteiger partial charge is 0.311 e. The lowest BCUT2D eigenvalue weighted by Crippen LogP contribution is -2.44. The maximum Gasteiger partial charge on any atom is 0.311 e. The van der Waals surface area contributed by atoms with Gasteiger partial charge in [-0.3, -0.25) is 4.79 Å². The highest BCUT2D eigenvalue weighted by Crippen LogP contribution is 2.39. The first-order valence-corrected chi connectivity index (χ1v) is 19.9. The topological polar surface area (TPSA) is 65.0 Å². The lowest BCUT2D eigenvalue weighted by atomic mass is 9.97. The first kappa shape index (κ1) is 36.3. The minimum atomic E-state index is -2.08. The second kappa shape index (κ2) is 14.6. The van der Waals surface area contributed by atoms with Crippen molar-refractivity contribution in [3.8, 4) is 0 Å². The summed E-state index contributed by atoms with van der Waals surface area (Å²) in [4.78, 5) is 12.1. The third-order valence-corrected chi connectivity index (χ3v) is 16.6. The molecule has 0 saturated carbocycles. The molecule has 0 aromatic carbocycles. The van der Waals surface area contributed by atoms with E-state index in [2.05, 4.69) is 86.8 Å². The molecule has 0 amide bonds. The third-order valence-electron chi connectivity index (χ3n) is 7.62. The molecule has 3 atom stereocenters. The summed E-state index contributed by atoms with van der Waals surface area (Å²) in [6, 6.07) is 0. The van der Waals surface area contributed by atoms with Crippen molar-refractivity contribution >= 4 is 22.6 Å². The molecule has 0 heterocycles. The van der Waals surface area contributed by atoms with Crippen LogP contribution in [0.2, 0.25) is 36.3 Å². The highest BCUT2D eigenvalue weighted by Gasteiger charge is 2.40. The van der Waals surface area contributed by atoms with Crippen LogP contribution in [0.5, 0.6) is 0 Å². The van der Waals surface area contributed by atoms with Gasteiger partial charge in [-0.2, -0.15) is 0 Å². The predicted octanol–water partition coefficient (Wildman–Crippen LogP) is 8.41. The quantitative estimate of drug-likeness (QED) is 0.101. The Labute approximate surface area is 231 Å². The molecule has 1 N–H and O–H groups in total. The molecule has 0 aliphatic rings. The van der Waals surface area contributed by atoms with E-state index in [1.807, 2.05) is 6.08 Å². The molecule has 0 unspecified atom stereocenters. The van der Waals surface area contributed by atoms with E-state index in [1.54, 1.807) is 26.8 Å². The van der Waals surface area contributed by atoms with E-state index in [0.29, 0.717) is 0 Å². The second-order valence-electron chi connectivity index (χ2n) is 14.4. The van der Waals surface area contributed by atoms with Gasteiger partial charge in [-0.1, -0.05) is 92.0 Å². The van der Waals surface area contributed by atoms with E-state index in [0.717, 1.165) is 12.8 Å². The molecule has 218 valence electrons. The molecule has 7 heteroatoms. The van der Waals surface area contributed by atoms with E-state index in [4.69, 9.17) is 13.6 Å². The molecule has 0 aliphatic heterocycles. The van der Waals surface area contributed by atoms with E-state index in [-0.39, 0.29) is 34.9 Å². The van der Waals surface area contributed by atoms with Crippen LogP contribution in [0, 0.1) is 5.41 Å². The van der Waals surface area contributed by atoms with Crippen LogP contribution in [-0.2, 0) is 18.4 Å². The summed E-state index contributed by atoms with van der Waals surface area (Å²) in [5.74, 6) is -0.327. The van der Waals surface area contributed by atoms with E-state index < -0.39 is 28.2 Å². The van der Waals surface area contributed by atoms with Crippen LogP contribution < -0.4 is 0 Å². The summed E-state index contributed by atoms with van der Waals surface area (Å²) in [7, 11) is -4.02. The fourth-order valence-electron chi connectivity index (χ4n) is 2.91. The number of rotatable bonds is 14. The Morgan fingerprint density at radius 1 is 0.784 bits per heavy atom. The molecular weight excluding hydrogens is 496 g/mol. The van der Waals surface area contributed by atoms with E-state index in [1.165, 1.54) is 12.8 Å². The molecule has 0 rings (SSSR count). The van der Waals surface area contributed by atoms with Crippen molar-refractivity contribution in [1.82, 2.24) is 0 Å². The van der Waals surface area contributed by atoms with Gasteiger partial charge < -0.3 is 18.7 Å². The van der Waals surface area contributed by atoms with Crippen LogP contribution in [0.15, 0.2) is 24.3 Å². The number of esters is 1. The van der Waals surface area contributed by atoms with Crippen molar-refractivity contribution in [2.24, 2.45) is 5.41 Å². The summed E-state index contributed by atoms with van der Waals surface area (Å²) in [6.45, 7) is 30.1. The van der Waals surface area contributed by atoms with Gasteiger partial charge in [-0.15, -0.1) is 0 Å². The Balaban J connectivity index is 5.85. The van der Waals surface area contributed by atoms with Gasteiger partial charge in [-0.25, -0.2) is 0 Å². The van der Waals surface area contributed by atoms with Crippen LogP contribution >= 0.6 is 0 Å². The van der Waals surface area contributed by atoms with Crippen LogP contribution in [0.1, 0.15) is 94.9 Å². The standard InChI is InChI=1S/C30H60O5Si2/c1-15-16-17-18-25(34-36(11,12)29(5,6)7)21-22-26(35-37(13,14)30(8,9)10)20-19-24(31)23-33-27(32)28(2,3)4/h19-22,24-26,31H,15-18,23H2,1-14H3/b20-19+,22-21+/t24-,25+,26-/m0/s1. The number of unbranched alkanes of at least 4 members (excludes halogenated alkanes) is 2. The van der Waals surface area contributed by atoms with Gasteiger partial charge in [0.2, 0.25) is 0 Å². The summed E-state index contributed by atoms with van der Waals surface area (Å²) in [5.41, 5.74) is -0.600. The summed E-state index contributed by atoms with van der Waals surface area (Å²) < 4.78 is 18.8. The molecule has 0 bridgehead atoms. The van der Waals surface area contributed by atoms with Crippen molar-refractivity contribution in [1.29, 1.82) is 0 Å².